The van der Waals surface area contributed by atoms with Gasteiger partial charge >= 0.3 is 0 Å². The number of benzene rings is 1. The number of aryl methyl sites for hydroxylation is 2. The molecule has 0 aliphatic heterocycles. The van der Waals surface area contributed by atoms with E-state index in [1.165, 1.54) is 24.3 Å². The molecule has 0 spiro atoms. The smallest absolute Gasteiger partial charge is 0.287 e. The minimum absolute atomic E-state index is 0.0233. The monoisotopic (exact) mass is 376 g/mol. The third-order valence-electron chi connectivity index (χ3n) is 4.02. The first kappa shape index (κ1) is 18.2. The van der Waals surface area contributed by atoms with Crippen molar-refractivity contribution in [1.29, 1.82) is 0 Å². The Balaban J connectivity index is 1.61. The average molecular weight is 376 g/mol. The van der Waals surface area contributed by atoms with E-state index in [-0.39, 0.29) is 16.6 Å². The molecule has 2 heterocycles. The molecular weight excluding hydrogens is 356 g/mol. The highest BCUT2D eigenvalue weighted by Crippen LogP contribution is 2.22. The van der Waals surface area contributed by atoms with Crippen LogP contribution in [-0.2, 0) is 23.0 Å². The fourth-order valence-corrected chi connectivity index (χ4v) is 3.26. The van der Waals surface area contributed by atoms with Crippen molar-refractivity contribution in [2.24, 2.45) is 5.14 Å². The molecule has 0 saturated heterocycles. The lowest BCUT2D eigenvalue weighted by molar-refractivity contribution is 0.0927. The third kappa shape index (κ3) is 3.94. The van der Waals surface area contributed by atoms with Gasteiger partial charge in [-0.25, -0.2) is 18.5 Å². The molecule has 0 fully saturated rings. The van der Waals surface area contributed by atoms with Crippen LogP contribution < -0.4 is 10.5 Å². The number of nitrogens with one attached hydrogen (secondary N) is 1. The summed E-state index contributed by atoms with van der Waals surface area (Å²) in [5.74, 6) is 0.794. The first-order valence-electron chi connectivity index (χ1n) is 8.23. The Morgan fingerprint density at radius 2 is 2.15 bits per heavy atom. The lowest BCUT2D eigenvalue weighted by Gasteiger charge is -2.06. The number of carbonyl (C=O) groups excluding carboxylic acids is 1. The highest BCUT2D eigenvalue weighted by molar-refractivity contribution is 7.89. The summed E-state index contributed by atoms with van der Waals surface area (Å²) in [5.41, 5.74) is 0.425. The number of carbonyl (C=O) groups is 1. The van der Waals surface area contributed by atoms with Gasteiger partial charge in [0.2, 0.25) is 10.0 Å². The summed E-state index contributed by atoms with van der Waals surface area (Å²) in [7, 11) is -3.80. The molecule has 8 nitrogen and oxygen atoms in total. The summed E-state index contributed by atoms with van der Waals surface area (Å²) >= 11 is 0. The van der Waals surface area contributed by atoms with E-state index in [4.69, 9.17) is 9.56 Å². The first-order valence-corrected chi connectivity index (χ1v) is 9.77. The van der Waals surface area contributed by atoms with E-state index >= 15 is 0 Å². The summed E-state index contributed by atoms with van der Waals surface area (Å²) < 4.78 is 30.3. The quantitative estimate of drug-likeness (QED) is 0.608. The molecule has 138 valence electrons. The number of primary sulfonamides is 1. The summed E-state index contributed by atoms with van der Waals surface area (Å²) in [6, 6.07) is 5.72. The van der Waals surface area contributed by atoms with E-state index in [0.717, 1.165) is 25.2 Å². The van der Waals surface area contributed by atoms with E-state index in [1.807, 2.05) is 13.1 Å². The van der Waals surface area contributed by atoms with Crippen molar-refractivity contribution in [2.45, 2.75) is 31.2 Å². The molecule has 0 bridgehead atoms. The van der Waals surface area contributed by atoms with Gasteiger partial charge in [0.25, 0.3) is 5.91 Å². The van der Waals surface area contributed by atoms with Crippen LogP contribution in [0.15, 0.2) is 46.0 Å². The van der Waals surface area contributed by atoms with Gasteiger partial charge in [-0.2, -0.15) is 0 Å². The van der Waals surface area contributed by atoms with E-state index < -0.39 is 10.0 Å². The fraction of sp³-hybridized carbons (Fsp3) is 0.294. The van der Waals surface area contributed by atoms with Crippen LogP contribution >= 0.6 is 0 Å². The maximum atomic E-state index is 12.2. The van der Waals surface area contributed by atoms with Crippen molar-refractivity contribution >= 4 is 26.9 Å². The molecule has 3 N–H and O–H groups in total. The third-order valence-corrected chi connectivity index (χ3v) is 4.93. The average Bonchev–Trinajstić information content (AvgIpc) is 3.23. The summed E-state index contributed by atoms with van der Waals surface area (Å²) in [5, 5.41) is 8.41. The van der Waals surface area contributed by atoms with Gasteiger partial charge in [-0.3, -0.25) is 4.79 Å². The SMILES string of the molecule is CCc1nccn1CCCNC(=O)c1cc2cc(S(N)(=O)=O)ccc2o1. The van der Waals surface area contributed by atoms with Crippen molar-refractivity contribution < 1.29 is 17.6 Å². The predicted molar refractivity (Wildman–Crippen MR) is 96.1 cm³/mol. The normalized spacial score (nSPS) is 11.8. The number of hydrogen-bond acceptors (Lipinski definition) is 5. The second-order valence-corrected chi connectivity index (χ2v) is 7.42. The second kappa shape index (κ2) is 7.30. The van der Waals surface area contributed by atoms with Gasteiger partial charge in [0.05, 0.1) is 4.90 Å². The molecule has 0 atom stereocenters. The van der Waals surface area contributed by atoms with Crippen molar-refractivity contribution in [1.82, 2.24) is 14.9 Å². The number of hydrogen-bond donors (Lipinski definition) is 2. The molecule has 0 aliphatic rings. The Labute approximate surface area is 151 Å². The Kier molecular flexibility index (Phi) is 5.10. The number of rotatable bonds is 7. The maximum Gasteiger partial charge on any atom is 0.287 e. The number of imidazole rings is 1. The summed E-state index contributed by atoms with van der Waals surface area (Å²) in [4.78, 5) is 16.4. The fourth-order valence-electron chi connectivity index (χ4n) is 2.71. The number of amides is 1. The van der Waals surface area contributed by atoms with Crippen molar-refractivity contribution in [3.63, 3.8) is 0 Å². The number of nitrogens with zero attached hydrogens (tertiary/aromatic N) is 2. The van der Waals surface area contributed by atoms with Gasteiger partial charge in [-0.1, -0.05) is 6.92 Å². The number of sulfonamides is 1. The van der Waals surface area contributed by atoms with Crippen LogP contribution in [0.25, 0.3) is 11.0 Å². The lowest BCUT2D eigenvalue weighted by atomic mass is 10.2. The van der Waals surface area contributed by atoms with Crippen molar-refractivity contribution in [2.75, 3.05) is 6.54 Å². The van der Waals surface area contributed by atoms with Gasteiger partial charge in [0.15, 0.2) is 5.76 Å². The first-order chi connectivity index (χ1) is 12.4. The molecule has 0 saturated carbocycles. The Morgan fingerprint density at radius 1 is 1.35 bits per heavy atom. The van der Waals surface area contributed by atoms with Crippen LogP contribution in [0.5, 0.6) is 0 Å². The lowest BCUT2D eigenvalue weighted by Crippen LogP contribution is -2.24. The molecule has 2 aromatic heterocycles. The van der Waals surface area contributed by atoms with E-state index in [1.54, 1.807) is 6.20 Å². The Morgan fingerprint density at radius 3 is 2.88 bits per heavy atom. The van der Waals surface area contributed by atoms with Crippen LogP contribution in [0.2, 0.25) is 0 Å². The zero-order chi connectivity index (χ0) is 18.7. The van der Waals surface area contributed by atoms with Crippen molar-refractivity contribution in [3.8, 4) is 0 Å². The van der Waals surface area contributed by atoms with E-state index in [9.17, 15) is 13.2 Å². The van der Waals surface area contributed by atoms with E-state index in [2.05, 4.69) is 14.9 Å². The molecule has 0 unspecified atom stereocenters. The predicted octanol–water partition coefficient (Wildman–Crippen LogP) is 1.66. The molecule has 1 amide bonds. The Hall–Kier alpha value is -2.65. The van der Waals surface area contributed by atoms with Crippen LogP contribution in [0, 0.1) is 0 Å². The Bertz CT molecular complexity index is 1040. The number of nitrogens with two attached hydrogens (primary N) is 1. The van der Waals surface area contributed by atoms with Crippen molar-refractivity contribution in [3.05, 3.63) is 48.2 Å². The summed E-state index contributed by atoms with van der Waals surface area (Å²) in [6.07, 6.45) is 5.30. The van der Waals surface area contributed by atoms with Gasteiger partial charge in [0.1, 0.15) is 11.4 Å². The van der Waals surface area contributed by atoms with Gasteiger partial charge in [-0.05, 0) is 30.7 Å². The van der Waals surface area contributed by atoms with E-state index in [0.29, 0.717) is 17.5 Å². The molecule has 1 aromatic carbocycles. The molecule has 3 rings (SSSR count). The number of furan rings is 1. The van der Waals surface area contributed by atoms with Gasteiger partial charge in [-0.15, -0.1) is 0 Å². The number of fused-ring (bicyclic) bond motifs is 1. The maximum absolute atomic E-state index is 12.2. The molecular formula is C17H20N4O4S. The topological polar surface area (TPSA) is 120 Å². The highest BCUT2D eigenvalue weighted by Gasteiger charge is 2.14. The second-order valence-electron chi connectivity index (χ2n) is 5.86. The molecule has 26 heavy (non-hydrogen) atoms. The largest absolute Gasteiger partial charge is 0.451 e. The van der Waals surface area contributed by atoms with Crippen LogP contribution in [0.4, 0.5) is 0 Å². The zero-order valence-corrected chi connectivity index (χ0v) is 15.1. The van der Waals surface area contributed by atoms with Crippen LogP contribution in [-0.4, -0.2) is 30.4 Å². The zero-order valence-electron chi connectivity index (χ0n) is 14.3. The molecule has 3 aromatic rings. The number of aromatic nitrogens is 2. The molecule has 0 radical (unpaired) electrons. The molecule has 0 aliphatic carbocycles. The van der Waals surface area contributed by atoms with Gasteiger partial charge in [0, 0.05) is 37.3 Å². The summed E-state index contributed by atoms with van der Waals surface area (Å²) in [6.45, 7) is 3.30. The van der Waals surface area contributed by atoms with Crippen LogP contribution in [0.1, 0.15) is 29.7 Å². The highest BCUT2D eigenvalue weighted by atomic mass is 32.2. The molecule has 9 heteroatoms. The minimum Gasteiger partial charge on any atom is -0.451 e. The van der Waals surface area contributed by atoms with Gasteiger partial charge < -0.3 is 14.3 Å². The standard InChI is InChI=1S/C17H20N4O4S/c1-2-16-19-7-9-21(16)8-3-6-20-17(22)15-11-12-10-13(26(18,23)24)4-5-14(12)25-15/h4-5,7,9-11H,2-3,6,8H2,1H3,(H,20,22)(H2,18,23,24). The minimum atomic E-state index is -3.80. The van der Waals surface area contributed by atoms with Crippen LogP contribution in [0.3, 0.4) is 0 Å².